The summed E-state index contributed by atoms with van der Waals surface area (Å²) in [7, 11) is 0. The molecule has 4 heteroatoms. The lowest BCUT2D eigenvalue weighted by Crippen LogP contribution is -2.30. The predicted octanol–water partition coefficient (Wildman–Crippen LogP) is 4.59. The van der Waals surface area contributed by atoms with Crippen molar-refractivity contribution in [1.82, 2.24) is 0 Å². The van der Waals surface area contributed by atoms with E-state index in [-0.39, 0.29) is 17.1 Å². The first-order valence-electron chi connectivity index (χ1n) is 8.36. The first-order chi connectivity index (χ1) is 11.7. The number of Topliss-reactive ketones (excluding diaryl/α,β-unsaturated/α-hetero) is 1. The van der Waals surface area contributed by atoms with Crippen molar-refractivity contribution < 1.29 is 14.3 Å². The maximum absolute atomic E-state index is 12.3. The van der Waals surface area contributed by atoms with Gasteiger partial charge < -0.3 is 10.1 Å². The summed E-state index contributed by atoms with van der Waals surface area (Å²) in [6.07, 6.45) is -0.648. The molecule has 0 aliphatic heterocycles. The van der Waals surface area contributed by atoms with Gasteiger partial charge in [-0.1, -0.05) is 32.9 Å². The van der Waals surface area contributed by atoms with Gasteiger partial charge in [0.25, 0.3) is 5.91 Å². The molecule has 1 amide bonds. The number of amides is 1. The van der Waals surface area contributed by atoms with Crippen LogP contribution in [0.1, 0.15) is 50.5 Å². The van der Waals surface area contributed by atoms with Crippen LogP contribution in [0.15, 0.2) is 48.5 Å². The fourth-order valence-corrected chi connectivity index (χ4v) is 2.32. The van der Waals surface area contributed by atoms with E-state index in [1.807, 2.05) is 24.3 Å². The summed E-state index contributed by atoms with van der Waals surface area (Å²) in [6.45, 7) is 9.64. The molecule has 0 saturated heterocycles. The van der Waals surface area contributed by atoms with Crippen LogP contribution in [0.2, 0.25) is 0 Å². The summed E-state index contributed by atoms with van der Waals surface area (Å²) in [5.74, 6) is 0.325. The fraction of sp³-hybridized carbons (Fsp3) is 0.333. The Hall–Kier alpha value is -2.62. The predicted molar refractivity (Wildman–Crippen MR) is 100 cm³/mol. The van der Waals surface area contributed by atoms with E-state index in [1.54, 1.807) is 31.2 Å². The monoisotopic (exact) mass is 339 g/mol. The zero-order valence-corrected chi connectivity index (χ0v) is 15.4. The Morgan fingerprint density at radius 3 is 2.00 bits per heavy atom. The number of ether oxygens (including phenoxy) is 1. The van der Waals surface area contributed by atoms with Gasteiger partial charge in [0.2, 0.25) is 0 Å². The molecule has 2 rings (SSSR count). The van der Waals surface area contributed by atoms with Crippen LogP contribution in [-0.4, -0.2) is 17.8 Å². The van der Waals surface area contributed by atoms with Crippen molar-refractivity contribution in [3.8, 4) is 5.75 Å². The molecule has 0 radical (unpaired) electrons. The molecule has 0 aliphatic rings. The van der Waals surface area contributed by atoms with Gasteiger partial charge in [-0.15, -0.1) is 0 Å². The maximum Gasteiger partial charge on any atom is 0.265 e. The lowest BCUT2D eigenvalue weighted by Gasteiger charge is -2.19. The molecular weight excluding hydrogens is 314 g/mol. The maximum atomic E-state index is 12.3. The Morgan fingerprint density at radius 1 is 0.960 bits per heavy atom. The van der Waals surface area contributed by atoms with Gasteiger partial charge in [0, 0.05) is 11.3 Å². The normalized spacial score (nSPS) is 12.4. The molecule has 1 N–H and O–H groups in total. The van der Waals surface area contributed by atoms with Crippen LogP contribution < -0.4 is 10.1 Å². The summed E-state index contributed by atoms with van der Waals surface area (Å²) in [6, 6.07) is 14.6. The van der Waals surface area contributed by atoms with Gasteiger partial charge in [0.15, 0.2) is 11.9 Å². The van der Waals surface area contributed by atoms with Crippen molar-refractivity contribution in [2.75, 3.05) is 5.32 Å². The zero-order chi connectivity index (χ0) is 18.6. The summed E-state index contributed by atoms with van der Waals surface area (Å²) >= 11 is 0. The summed E-state index contributed by atoms with van der Waals surface area (Å²) < 4.78 is 5.64. The molecule has 0 aromatic heterocycles. The highest BCUT2D eigenvalue weighted by Gasteiger charge is 2.16. The van der Waals surface area contributed by atoms with Gasteiger partial charge >= 0.3 is 0 Å². The minimum Gasteiger partial charge on any atom is -0.481 e. The van der Waals surface area contributed by atoms with Gasteiger partial charge in [-0.2, -0.15) is 0 Å². The van der Waals surface area contributed by atoms with E-state index in [2.05, 4.69) is 26.1 Å². The summed E-state index contributed by atoms with van der Waals surface area (Å²) in [4.78, 5) is 23.6. The molecule has 132 valence electrons. The lowest BCUT2D eigenvalue weighted by molar-refractivity contribution is -0.122. The van der Waals surface area contributed by atoms with Crippen LogP contribution in [-0.2, 0) is 10.2 Å². The van der Waals surface area contributed by atoms with E-state index in [0.29, 0.717) is 11.3 Å². The first-order valence-corrected chi connectivity index (χ1v) is 8.36. The van der Waals surface area contributed by atoms with E-state index < -0.39 is 6.10 Å². The molecule has 0 spiro atoms. The van der Waals surface area contributed by atoms with Crippen molar-refractivity contribution in [2.24, 2.45) is 0 Å². The second-order valence-electron chi connectivity index (χ2n) is 7.16. The largest absolute Gasteiger partial charge is 0.481 e. The third-order valence-corrected chi connectivity index (χ3v) is 3.96. The molecular formula is C21H25NO3. The molecule has 1 unspecified atom stereocenters. The van der Waals surface area contributed by atoms with Crippen molar-refractivity contribution in [1.29, 1.82) is 0 Å². The van der Waals surface area contributed by atoms with Crippen LogP contribution in [0.4, 0.5) is 5.69 Å². The number of carbonyl (C=O) groups is 2. The Morgan fingerprint density at radius 2 is 1.52 bits per heavy atom. The molecule has 4 nitrogen and oxygen atoms in total. The number of benzene rings is 2. The molecule has 25 heavy (non-hydrogen) atoms. The van der Waals surface area contributed by atoms with E-state index in [1.165, 1.54) is 12.5 Å². The third kappa shape index (κ3) is 5.18. The van der Waals surface area contributed by atoms with E-state index >= 15 is 0 Å². The summed E-state index contributed by atoms with van der Waals surface area (Å²) in [5, 5.41) is 2.85. The number of hydrogen-bond acceptors (Lipinski definition) is 3. The number of nitrogens with one attached hydrogen (secondary N) is 1. The molecule has 0 saturated carbocycles. The smallest absolute Gasteiger partial charge is 0.265 e. The average Bonchev–Trinajstić information content (AvgIpc) is 2.55. The number of anilines is 1. The highest BCUT2D eigenvalue weighted by Crippen LogP contribution is 2.23. The van der Waals surface area contributed by atoms with Crippen LogP contribution >= 0.6 is 0 Å². The quantitative estimate of drug-likeness (QED) is 0.810. The van der Waals surface area contributed by atoms with Crippen LogP contribution in [0.25, 0.3) is 0 Å². The molecule has 2 aromatic rings. The number of carbonyl (C=O) groups excluding carboxylic acids is 2. The third-order valence-electron chi connectivity index (χ3n) is 3.96. The molecule has 0 aliphatic carbocycles. The van der Waals surface area contributed by atoms with Gasteiger partial charge in [-0.3, -0.25) is 9.59 Å². The van der Waals surface area contributed by atoms with Crippen molar-refractivity contribution in [3.63, 3.8) is 0 Å². The molecule has 0 fully saturated rings. The molecule has 2 aromatic carbocycles. The van der Waals surface area contributed by atoms with Crippen molar-refractivity contribution in [3.05, 3.63) is 59.7 Å². The Kier molecular flexibility index (Phi) is 5.62. The van der Waals surface area contributed by atoms with E-state index in [9.17, 15) is 9.59 Å². The Bertz CT molecular complexity index is 740. The number of rotatable bonds is 5. The fourth-order valence-electron chi connectivity index (χ4n) is 2.32. The zero-order valence-electron chi connectivity index (χ0n) is 15.4. The summed E-state index contributed by atoms with van der Waals surface area (Å²) in [5.41, 5.74) is 2.63. The molecule has 0 bridgehead atoms. The second-order valence-corrected chi connectivity index (χ2v) is 7.16. The minimum absolute atomic E-state index is 0.00366. The SMILES string of the molecule is CC(=O)c1ccc(OC(C)C(=O)Nc2ccc(C(C)(C)C)cc2)cc1. The number of hydrogen-bond donors (Lipinski definition) is 1. The highest BCUT2D eigenvalue weighted by atomic mass is 16.5. The topological polar surface area (TPSA) is 55.4 Å². The van der Waals surface area contributed by atoms with Crippen LogP contribution in [0.5, 0.6) is 5.75 Å². The van der Waals surface area contributed by atoms with Gasteiger partial charge in [-0.05, 0) is 61.2 Å². The van der Waals surface area contributed by atoms with Crippen molar-refractivity contribution in [2.45, 2.75) is 46.1 Å². The Balaban J connectivity index is 1.97. The minimum atomic E-state index is -0.648. The second kappa shape index (κ2) is 7.51. The van der Waals surface area contributed by atoms with E-state index in [0.717, 1.165) is 5.69 Å². The van der Waals surface area contributed by atoms with Crippen LogP contribution in [0.3, 0.4) is 0 Å². The van der Waals surface area contributed by atoms with Crippen LogP contribution in [0, 0.1) is 0 Å². The standard InChI is InChI=1S/C21H25NO3/c1-14(23)16-6-12-19(13-7-16)25-15(2)20(24)22-18-10-8-17(9-11-18)21(3,4)5/h6-13,15H,1-5H3,(H,22,24). The van der Waals surface area contributed by atoms with Gasteiger partial charge in [0.1, 0.15) is 5.75 Å². The van der Waals surface area contributed by atoms with Gasteiger partial charge in [-0.25, -0.2) is 0 Å². The highest BCUT2D eigenvalue weighted by molar-refractivity contribution is 5.95. The lowest BCUT2D eigenvalue weighted by atomic mass is 9.87. The number of ketones is 1. The van der Waals surface area contributed by atoms with E-state index in [4.69, 9.17) is 4.74 Å². The first kappa shape index (κ1) is 18.7. The molecule has 0 heterocycles. The molecule has 1 atom stereocenters. The van der Waals surface area contributed by atoms with Crippen molar-refractivity contribution >= 4 is 17.4 Å². The Labute approximate surface area is 149 Å². The average molecular weight is 339 g/mol. The van der Waals surface area contributed by atoms with Gasteiger partial charge in [0.05, 0.1) is 0 Å².